The zero-order valence-electron chi connectivity index (χ0n) is 14.5. The van der Waals surface area contributed by atoms with E-state index in [0.29, 0.717) is 12.3 Å². The van der Waals surface area contributed by atoms with E-state index in [2.05, 4.69) is 20.9 Å². The highest BCUT2D eigenvalue weighted by atomic mass is 16.2. The highest BCUT2D eigenvalue weighted by Gasteiger charge is 2.31. The average molecular weight is 336 g/mol. The number of nitrogens with zero attached hydrogens (tertiary/aromatic N) is 4. The molecule has 130 valence electrons. The Morgan fingerprint density at radius 2 is 1.84 bits per heavy atom. The number of carbonyl (C=O) groups excluding carboxylic acids is 1. The maximum absolute atomic E-state index is 12.4. The molecule has 0 N–H and O–H groups in total. The Hall–Kier alpha value is -2.43. The highest BCUT2D eigenvalue weighted by Crippen LogP contribution is 2.27. The number of piperidine rings is 1. The first-order valence-electron chi connectivity index (χ1n) is 9.21. The van der Waals surface area contributed by atoms with Crippen LogP contribution in [0.1, 0.15) is 31.4 Å². The van der Waals surface area contributed by atoms with Crippen LogP contribution in [0.25, 0.3) is 0 Å². The SMILES string of the molecule is O=C1CC(Cc2cc(N3CCCCC3)ncn2)CN1c1ccccc1. The molecule has 1 aromatic heterocycles. The van der Waals surface area contributed by atoms with Gasteiger partial charge >= 0.3 is 0 Å². The van der Waals surface area contributed by atoms with Crippen molar-refractivity contribution in [3.05, 3.63) is 48.4 Å². The minimum atomic E-state index is 0.210. The van der Waals surface area contributed by atoms with Crippen LogP contribution in [0.2, 0.25) is 0 Å². The second kappa shape index (κ2) is 7.21. The van der Waals surface area contributed by atoms with Gasteiger partial charge in [0.2, 0.25) is 5.91 Å². The number of benzene rings is 1. The van der Waals surface area contributed by atoms with Gasteiger partial charge in [-0.05, 0) is 43.7 Å². The van der Waals surface area contributed by atoms with Crippen molar-refractivity contribution in [2.75, 3.05) is 29.4 Å². The number of hydrogen-bond acceptors (Lipinski definition) is 4. The van der Waals surface area contributed by atoms with Gasteiger partial charge in [-0.3, -0.25) is 4.79 Å². The summed E-state index contributed by atoms with van der Waals surface area (Å²) in [6.07, 6.45) is 6.89. The van der Waals surface area contributed by atoms with Gasteiger partial charge in [-0.15, -0.1) is 0 Å². The number of aromatic nitrogens is 2. The van der Waals surface area contributed by atoms with E-state index in [4.69, 9.17) is 0 Å². The highest BCUT2D eigenvalue weighted by molar-refractivity contribution is 5.95. The molecule has 1 amide bonds. The molecule has 0 saturated carbocycles. The summed E-state index contributed by atoms with van der Waals surface area (Å²) < 4.78 is 0. The predicted molar refractivity (Wildman–Crippen MR) is 98.7 cm³/mol. The van der Waals surface area contributed by atoms with Crippen molar-refractivity contribution >= 4 is 17.4 Å². The molecule has 0 bridgehead atoms. The third-order valence-electron chi connectivity index (χ3n) is 5.16. The lowest BCUT2D eigenvalue weighted by Crippen LogP contribution is -2.30. The lowest BCUT2D eigenvalue weighted by atomic mass is 10.0. The first-order valence-corrected chi connectivity index (χ1v) is 9.21. The van der Waals surface area contributed by atoms with Gasteiger partial charge in [0.25, 0.3) is 0 Å². The van der Waals surface area contributed by atoms with E-state index in [1.54, 1.807) is 6.33 Å². The van der Waals surface area contributed by atoms with Crippen LogP contribution in [-0.4, -0.2) is 35.5 Å². The number of amides is 1. The first kappa shape index (κ1) is 16.1. The largest absolute Gasteiger partial charge is 0.357 e. The predicted octanol–water partition coefficient (Wildman–Crippen LogP) is 3.06. The van der Waals surface area contributed by atoms with E-state index in [1.807, 2.05) is 35.2 Å². The van der Waals surface area contributed by atoms with Gasteiger partial charge < -0.3 is 9.80 Å². The maximum atomic E-state index is 12.4. The van der Waals surface area contributed by atoms with E-state index >= 15 is 0 Å². The summed E-state index contributed by atoms with van der Waals surface area (Å²) in [4.78, 5) is 25.5. The van der Waals surface area contributed by atoms with Gasteiger partial charge in [0, 0.05) is 43.5 Å². The summed E-state index contributed by atoms with van der Waals surface area (Å²) in [5.74, 6) is 1.56. The molecule has 2 aliphatic rings. The van der Waals surface area contributed by atoms with Crippen molar-refractivity contribution in [2.24, 2.45) is 5.92 Å². The summed E-state index contributed by atoms with van der Waals surface area (Å²) in [6.45, 7) is 2.94. The summed E-state index contributed by atoms with van der Waals surface area (Å²) >= 11 is 0. The summed E-state index contributed by atoms with van der Waals surface area (Å²) in [5, 5.41) is 0. The lowest BCUT2D eigenvalue weighted by Gasteiger charge is -2.27. The van der Waals surface area contributed by atoms with Gasteiger partial charge in [0.15, 0.2) is 0 Å². The quantitative estimate of drug-likeness (QED) is 0.861. The lowest BCUT2D eigenvalue weighted by molar-refractivity contribution is -0.117. The fourth-order valence-corrected chi connectivity index (χ4v) is 3.86. The van der Waals surface area contributed by atoms with Crippen molar-refractivity contribution in [3.8, 4) is 0 Å². The van der Waals surface area contributed by atoms with E-state index in [0.717, 1.165) is 43.3 Å². The standard InChI is InChI=1S/C20H24N4O/c25-20-12-16(14-24(20)18-7-3-1-4-8-18)11-17-13-19(22-15-21-17)23-9-5-2-6-10-23/h1,3-4,7-8,13,15-16H,2,5-6,9-12,14H2. The monoisotopic (exact) mass is 336 g/mol. The Morgan fingerprint density at radius 1 is 1.04 bits per heavy atom. The van der Waals surface area contributed by atoms with Crippen LogP contribution >= 0.6 is 0 Å². The van der Waals surface area contributed by atoms with Crippen LogP contribution in [0.4, 0.5) is 11.5 Å². The van der Waals surface area contributed by atoms with Gasteiger partial charge in [-0.25, -0.2) is 9.97 Å². The minimum absolute atomic E-state index is 0.210. The molecule has 1 atom stereocenters. The summed E-state index contributed by atoms with van der Waals surface area (Å²) in [7, 11) is 0. The van der Waals surface area contributed by atoms with Crippen molar-refractivity contribution in [1.29, 1.82) is 0 Å². The van der Waals surface area contributed by atoms with Crippen LogP contribution < -0.4 is 9.80 Å². The van der Waals surface area contributed by atoms with Crippen molar-refractivity contribution < 1.29 is 4.79 Å². The fraction of sp³-hybridized carbons (Fsp3) is 0.450. The summed E-state index contributed by atoms with van der Waals surface area (Å²) in [5.41, 5.74) is 2.04. The zero-order chi connectivity index (χ0) is 17.1. The Balaban J connectivity index is 1.43. The Labute approximate surface area is 148 Å². The Kier molecular flexibility index (Phi) is 4.63. The number of anilines is 2. The van der Waals surface area contributed by atoms with Gasteiger partial charge in [0.05, 0.1) is 0 Å². The van der Waals surface area contributed by atoms with Crippen LogP contribution in [0.5, 0.6) is 0 Å². The molecule has 2 saturated heterocycles. The molecule has 5 nitrogen and oxygen atoms in total. The van der Waals surface area contributed by atoms with E-state index in [9.17, 15) is 4.79 Å². The number of hydrogen-bond donors (Lipinski definition) is 0. The van der Waals surface area contributed by atoms with Crippen LogP contribution in [0.15, 0.2) is 42.7 Å². The molecular weight excluding hydrogens is 312 g/mol. The molecule has 0 aliphatic carbocycles. The van der Waals surface area contributed by atoms with Gasteiger partial charge in [-0.2, -0.15) is 0 Å². The van der Waals surface area contributed by atoms with E-state index in [1.165, 1.54) is 19.3 Å². The topological polar surface area (TPSA) is 49.3 Å². The first-order chi connectivity index (χ1) is 12.3. The molecule has 1 unspecified atom stereocenters. The second-order valence-corrected chi connectivity index (χ2v) is 7.03. The second-order valence-electron chi connectivity index (χ2n) is 7.03. The third-order valence-corrected chi connectivity index (χ3v) is 5.16. The molecule has 25 heavy (non-hydrogen) atoms. The van der Waals surface area contributed by atoms with Crippen molar-refractivity contribution in [2.45, 2.75) is 32.1 Å². The molecule has 4 rings (SSSR count). The Morgan fingerprint density at radius 3 is 2.64 bits per heavy atom. The van der Waals surface area contributed by atoms with E-state index in [-0.39, 0.29) is 5.91 Å². The van der Waals surface area contributed by atoms with E-state index < -0.39 is 0 Å². The molecule has 2 aliphatic heterocycles. The molecule has 1 aromatic carbocycles. The summed E-state index contributed by atoms with van der Waals surface area (Å²) in [6, 6.07) is 12.0. The van der Waals surface area contributed by atoms with Crippen molar-refractivity contribution in [3.63, 3.8) is 0 Å². The van der Waals surface area contributed by atoms with Crippen LogP contribution in [0.3, 0.4) is 0 Å². The number of rotatable bonds is 4. The zero-order valence-corrected chi connectivity index (χ0v) is 14.5. The number of para-hydroxylation sites is 1. The molecule has 2 aromatic rings. The number of carbonyl (C=O) groups is 1. The third kappa shape index (κ3) is 3.65. The van der Waals surface area contributed by atoms with Gasteiger partial charge in [0.1, 0.15) is 12.1 Å². The fourth-order valence-electron chi connectivity index (χ4n) is 3.86. The smallest absolute Gasteiger partial charge is 0.227 e. The molecule has 2 fully saturated rings. The normalized spacial score (nSPS) is 21.0. The average Bonchev–Trinajstić information content (AvgIpc) is 3.03. The van der Waals surface area contributed by atoms with Crippen LogP contribution in [-0.2, 0) is 11.2 Å². The molecule has 0 radical (unpaired) electrons. The minimum Gasteiger partial charge on any atom is -0.357 e. The molecule has 3 heterocycles. The van der Waals surface area contributed by atoms with Crippen molar-refractivity contribution in [1.82, 2.24) is 9.97 Å². The molecular formula is C20H24N4O. The molecule has 5 heteroatoms. The van der Waals surface area contributed by atoms with Crippen LogP contribution in [0, 0.1) is 5.92 Å². The molecule has 0 spiro atoms. The van der Waals surface area contributed by atoms with Gasteiger partial charge in [-0.1, -0.05) is 18.2 Å². The maximum Gasteiger partial charge on any atom is 0.227 e. The Bertz CT molecular complexity index is 727.